The molecule has 0 saturated carbocycles. The molecule has 3 N–H and O–H groups in total. The van der Waals surface area contributed by atoms with Crippen molar-refractivity contribution in [2.75, 3.05) is 12.3 Å². The third-order valence-electron chi connectivity index (χ3n) is 2.54. The Bertz CT molecular complexity index is 610. The van der Waals surface area contributed by atoms with E-state index in [1.165, 1.54) is 11.3 Å². The number of benzene rings is 1. The minimum absolute atomic E-state index is 0.201. The highest BCUT2D eigenvalue weighted by molar-refractivity contribution is 7.10. The number of aromatic nitrogens is 1. The Morgan fingerprint density at radius 2 is 2.16 bits per heavy atom. The van der Waals surface area contributed by atoms with Crippen molar-refractivity contribution in [1.29, 1.82) is 0 Å². The zero-order valence-electron chi connectivity index (χ0n) is 10.2. The highest BCUT2D eigenvalue weighted by Gasteiger charge is 2.08. The molecule has 0 radical (unpaired) electrons. The van der Waals surface area contributed by atoms with Gasteiger partial charge in [0.05, 0.1) is 0 Å². The van der Waals surface area contributed by atoms with Gasteiger partial charge in [-0.25, -0.2) is 4.98 Å². The first-order chi connectivity index (χ1) is 9.19. The topological polar surface area (TPSA) is 68.0 Å². The summed E-state index contributed by atoms with van der Waals surface area (Å²) in [6, 6.07) is 7.58. The van der Waals surface area contributed by atoms with Crippen LogP contribution < -0.4 is 11.1 Å². The van der Waals surface area contributed by atoms with Gasteiger partial charge in [0.15, 0.2) is 5.01 Å². The van der Waals surface area contributed by atoms with Gasteiger partial charge in [0.25, 0.3) is 5.91 Å². The molecule has 2 aromatic rings. The first-order valence-electron chi connectivity index (χ1n) is 5.74. The number of nitrogens with two attached hydrogens (primary N) is 1. The van der Waals surface area contributed by atoms with Gasteiger partial charge >= 0.3 is 0 Å². The number of nitrogens with one attached hydrogen (secondary N) is 1. The highest BCUT2D eigenvalue weighted by Crippen LogP contribution is 2.08. The van der Waals surface area contributed by atoms with E-state index in [1.807, 2.05) is 24.3 Å². The number of rotatable bonds is 4. The lowest BCUT2D eigenvalue weighted by Gasteiger charge is -2.04. The molecule has 1 amide bonds. The SMILES string of the molecule is C#Cc1nc(C(=O)NCCc2ccc(N)cc2)cs1. The number of nitrogens with zero attached hydrogens (tertiary/aromatic N) is 1. The fourth-order valence-corrected chi connectivity index (χ4v) is 2.14. The average molecular weight is 271 g/mol. The molecular formula is C14H13N3OS. The fourth-order valence-electron chi connectivity index (χ4n) is 1.54. The Morgan fingerprint density at radius 3 is 2.79 bits per heavy atom. The van der Waals surface area contributed by atoms with Crippen LogP contribution in [0, 0.1) is 12.3 Å². The number of carbonyl (C=O) groups excluding carboxylic acids is 1. The van der Waals surface area contributed by atoms with E-state index in [0.29, 0.717) is 17.2 Å². The Balaban J connectivity index is 1.84. The van der Waals surface area contributed by atoms with E-state index in [0.717, 1.165) is 17.7 Å². The van der Waals surface area contributed by atoms with Crippen molar-refractivity contribution in [3.05, 3.63) is 45.9 Å². The average Bonchev–Trinajstić information content (AvgIpc) is 2.90. The van der Waals surface area contributed by atoms with Crippen molar-refractivity contribution >= 4 is 22.9 Å². The van der Waals surface area contributed by atoms with Gasteiger partial charge < -0.3 is 11.1 Å². The smallest absolute Gasteiger partial charge is 0.270 e. The Morgan fingerprint density at radius 1 is 1.42 bits per heavy atom. The molecule has 5 heteroatoms. The third-order valence-corrected chi connectivity index (χ3v) is 3.31. The number of terminal acetylenes is 1. The lowest BCUT2D eigenvalue weighted by Crippen LogP contribution is -2.25. The van der Waals surface area contributed by atoms with E-state index < -0.39 is 0 Å². The zero-order valence-corrected chi connectivity index (χ0v) is 11.0. The van der Waals surface area contributed by atoms with Gasteiger partial charge in [0, 0.05) is 17.6 Å². The fraction of sp³-hybridized carbons (Fsp3) is 0.143. The van der Waals surface area contributed by atoms with Gasteiger partial charge in [-0.05, 0) is 30.0 Å². The van der Waals surface area contributed by atoms with E-state index in [1.54, 1.807) is 5.38 Å². The van der Waals surface area contributed by atoms with Crippen molar-refractivity contribution in [2.24, 2.45) is 0 Å². The maximum absolute atomic E-state index is 11.8. The van der Waals surface area contributed by atoms with Crippen molar-refractivity contribution < 1.29 is 4.79 Å². The summed E-state index contributed by atoms with van der Waals surface area (Å²) < 4.78 is 0. The molecule has 0 fully saturated rings. The molecule has 0 unspecified atom stereocenters. The molecule has 2 rings (SSSR count). The molecular weight excluding hydrogens is 258 g/mol. The number of amides is 1. The zero-order chi connectivity index (χ0) is 13.7. The van der Waals surface area contributed by atoms with Crippen LogP contribution in [0.25, 0.3) is 0 Å². The van der Waals surface area contributed by atoms with E-state index in [2.05, 4.69) is 16.2 Å². The maximum atomic E-state index is 11.8. The molecule has 1 aromatic heterocycles. The molecule has 0 saturated heterocycles. The Kier molecular flexibility index (Phi) is 4.16. The molecule has 0 aliphatic heterocycles. The second-order valence-electron chi connectivity index (χ2n) is 3.93. The lowest BCUT2D eigenvalue weighted by atomic mass is 10.1. The molecule has 1 heterocycles. The molecule has 0 spiro atoms. The van der Waals surface area contributed by atoms with Gasteiger partial charge in [0.1, 0.15) is 5.69 Å². The van der Waals surface area contributed by atoms with Crippen molar-refractivity contribution in [1.82, 2.24) is 10.3 Å². The van der Waals surface area contributed by atoms with Crippen LogP contribution in [0.15, 0.2) is 29.6 Å². The van der Waals surface area contributed by atoms with Crippen LogP contribution in [-0.2, 0) is 6.42 Å². The largest absolute Gasteiger partial charge is 0.399 e. The molecule has 4 nitrogen and oxygen atoms in total. The number of thiazole rings is 1. The minimum atomic E-state index is -0.201. The van der Waals surface area contributed by atoms with E-state index in [9.17, 15) is 4.79 Å². The van der Waals surface area contributed by atoms with Crippen LogP contribution in [-0.4, -0.2) is 17.4 Å². The maximum Gasteiger partial charge on any atom is 0.270 e. The van der Waals surface area contributed by atoms with Crippen molar-refractivity contribution in [3.63, 3.8) is 0 Å². The highest BCUT2D eigenvalue weighted by atomic mass is 32.1. The number of hydrogen-bond donors (Lipinski definition) is 2. The van der Waals surface area contributed by atoms with Crippen LogP contribution in [0.4, 0.5) is 5.69 Å². The second-order valence-corrected chi connectivity index (χ2v) is 4.79. The third kappa shape index (κ3) is 3.57. The monoisotopic (exact) mass is 271 g/mol. The van der Waals surface area contributed by atoms with Crippen LogP contribution in [0.1, 0.15) is 21.1 Å². The predicted molar refractivity (Wildman–Crippen MR) is 76.9 cm³/mol. The molecule has 19 heavy (non-hydrogen) atoms. The molecule has 0 bridgehead atoms. The molecule has 1 aromatic carbocycles. The van der Waals surface area contributed by atoms with Gasteiger partial charge in [-0.3, -0.25) is 4.79 Å². The number of carbonyl (C=O) groups is 1. The summed E-state index contributed by atoms with van der Waals surface area (Å²) >= 11 is 1.29. The van der Waals surface area contributed by atoms with Gasteiger partial charge in [-0.15, -0.1) is 17.8 Å². The molecule has 0 atom stereocenters. The summed E-state index contributed by atoms with van der Waals surface area (Å²) in [5, 5.41) is 4.98. The molecule has 0 aliphatic carbocycles. The summed E-state index contributed by atoms with van der Waals surface area (Å²) in [6.07, 6.45) is 5.96. The Labute approximate surface area is 115 Å². The summed E-state index contributed by atoms with van der Waals surface area (Å²) in [4.78, 5) is 15.8. The normalized spacial score (nSPS) is 9.84. The van der Waals surface area contributed by atoms with E-state index >= 15 is 0 Å². The van der Waals surface area contributed by atoms with Gasteiger partial charge in [-0.2, -0.15) is 0 Å². The van der Waals surface area contributed by atoms with Crippen molar-refractivity contribution in [2.45, 2.75) is 6.42 Å². The van der Waals surface area contributed by atoms with E-state index in [4.69, 9.17) is 12.2 Å². The van der Waals surface area contributed by atoms with E-state index in [-0.39, 0.29) is 5.91 Å². The number of anilines is 1. The summed E-state index contributed by atoms with van der Waals surface area (Å²) in [5.41, 5.74) is 7.83. The van der Waals surface area contributed by atoms with Crippen LogP contribution in [0.5, 0.6) is 0 Å². The quantitative estimate of drug-likeness (QED) is 0.656. The summed E-state index contributed by atoms with van der Waals surface area (Å²) in [5.74, 6) is 2.20. The van der Waals surface area contributed by atoms with Crippen LogP contribution in [0.3, 0.4) is 0 Å². The first-order valence-corrected chi connectivity index (χ1v) is 6.62. The van der Waals surface area contributed by atoms with Crippen LogP contribution >= 0.6 is 11.3 Å². The summed E-state index contributed by atoms with van der Waals surface area (Å²) in [7, 11) is 0. The van der Waals surface area contributed by atoms with Gasteiger partial charge in [-0.1, -0.05) is 12.1 Å². The molecule has 0 aliphatic rings. The standard InChI is InChI=1S/C14H13N3OS/c1-2-13-17-12(9-19-13)14(18)16-8-7-10-3-5-11(15)6-4-10/h1,3-6,9H,7-8,15H2,(H,16,18). The lowest BCUT2D eigenvalue weighted by molar-refractivity contribution is 0.0950. The Hall–Kier alpha value is -2.32. The van der Waals surface area contributed by atoms with Gasteiger partial charge in [0.2, 0.25) is 0 Å². The van der Waals surface area contributed by atoms with Crippen molar-refractivity contribution in [3.8, 4) is 12.3 Å². The number of hydrogen-bond acceptors (Lipinski definition) is 4. The number of nitrogen functional groups attached to an aromatic ring is 1. The first kappa shape index (κ1) is 13.1. The van der Waals surface area contributed by atoms with Crippen LogP contribution in [0.2, 0.25) is 0 Å². The predicted octanol–water partition coefficient (Wildman–Crippen LogP) is 1.68. The second kappa shape index (κ2) is 6.03. The molecule has 96 valence electrons. The minimum Gasteiger partial charge on any atom is -0.399 e. The summed E-state index contributed by atoms with van der Waals surface area (Å²) in [6.45, 7) is 0.547.